The molecule has 2 amide bonds. The molecule has 1 fully saturated rings. The number of halogens is 1. The minimum absolute atomic E-state index is 0.250. The Kier molecular flexibility index (Phi) is 6.03. The SMILES string of the molecule is Cc1nc(-c2ccc(F)cc2)sc1C(=O)OCC(=O)N1CCC[C@@H](C(N)=O)C1. The first-order valence-corrected chi connectivity index (χ1v) is 9.64. The maximum atomic E-state index is 13.1. The van der Waals surface area contributed by atoms with E-state index < -0.39 is 18.5 Å². The fourth-order valence-electron chi connectivity index (χ4n) is 3.02. The molecule has 0 spiro atoms. The van der Waals surface area contributed by atoms with E-state index in [4.69, 9.17) is 10.5 Å². The summed E-state index contributed by atoms with van der Waals surface area (Å²) in [5, 5.41) is 0.566. The van der Waals surface area contributed by atoms with Gasteiger partial charge in [0.1, 0.15) is 15.7 Å². The van der Waals surface area contributed by atoms with Crippen molar-refractivity contribution in [3.63, 3.8) is 0 Å². The van der Waals surface area contributed by atoms with Gasteiger partial charge in [-0.05, 0) is 44.0 Å². The molecule has 9 heteroatoms. The van der Waals surface area contributed by atoms with Gasteiger partial charge >= 0.3 is 5.97 Å². The van der Waals surface area contributed by atoms with E-state index in [0.717, 1.165) is 11.3 Å². The largest absolute Gasteiger partial charge is 0.451 e. The van der Waals surface area contributed by atoms with Gasteiger partial charge in [0, 0.05) is 18.7 Å². The van der Waals surface area contributed by atoms with Crippen LogP contribution in [-0.2, 0) is 14.3 Å². The van der Waals surface area contributed by atoms with E-state index >= 15 is 0 Å². The number of rotatable bonds is 5. The Labute approximate surface area is 165 Å². The van der Waals surface area contributed by atoms with Crippen LogP contribution in [0.4, 0.5) is 4.39 Å². The minimum atomic E-state index is -0.639. The normalized spacial score (nSPS) is 16.6. The first-order valence-electron chi connectivity index (χ1n) is 8.82. The molecule has 148 valence electrons. The van der Waals surface area contributed by atoms with Gasteiger partial charge < -0.3 is 15.4 Å². The Hall–Kier alpha value is -2.81. The van der Waals surface area contributed by atoms with Crippen LogP contribution in [0.1, 0.15) is 28.2 Å². The van der Waals surface area contributed by atoms with E-state index in [1.54, 1.807) is 19.1 Å². The number of thiazole rings is 1. The molecule has 1 saturated heterocycles. The number of hydrogen-bond donors (Lipinski definition) is 1. The Morgan fingerprint density at radius 3 is 2.71 bits per heavy atom. The molecule has 0 unspecified atom stereocenters. The van der Waals surface area contributed by atoms with Gasteiger partial charge in [0.15, 0.2) is 6.61 Å². The molecule has 0 saturated carbocycles. The molecule has 1 aliphatic heterocycles. The summed E-state index contributed by atoms with van der Waals surface area (Å²) in [5.74, 6) is -2.15. The maximum Gasteiger partial charge on any atom is 0.350 e. The summed E-state index contributed by atoms with van der Waals surface area (Å²) in [6.07, 6.45) is 1.34. The third-order valence-corrected chi connectivity index (χ3v) is 5.76. The molecule has 3 rings (SSSR count). The van der Waals surface area contributed by atoms with Gasteiger partial charge in [-0.3, -0.25) is 9.59 Å². The van der Waals surface area contributed by atoms with Crippen molar-refractivity contribution in [3.05, 3.63) is 40.7 Å². The van der Waals surface area contributed by atoms with Gasteiger partial charge in [0.2, 0.25) is 5.91 Å². The van der Waals surface area contributed by atoms with Crippen LogP contribution in [0.3, 0.4) is 0 Å². The van der Waals surface area contributed by atoms with Crippen molar-refractivity contribution in [2.75, 3.05) is 19.7 Å². The lowest BCUT2D eigenvalue weighted by Crippen LogP contribution is -2.45. The predicted octanol–water partition coefficient (Wildman–Crippen LogP) is 2.14. The molecule has 0 bridgehead atoms. The quantitative estimate of drug-likeness (QED) is 0.768. The fourth-order valence-corrected chi connectivity index (χ4v) is 3.99. The number of carbonyl (C=O) groups excluding carboxylic acids is 3. The van der Waals surface area contributed by atoms with Crippen molar-refractivity contribution in [2.24, 2.45) is 11.7 Å². The van der Waals surface area contributed by atoms with Crippen LogP contribution in [-0.4, -0.2) is 47.4 Å². The molecule has 1 aliphatic rings. The number of nitrogens with zero attached hydrogens (tertiary/aromatic N) is 2. The number of piperidine rings is 1. The molecule has 0 aliphatic carbocycles. The topological polar surface area (TPSA) is 103 Å². The maximum absolute atomic E-state index is 13.1. The third kappa shape index (κ3) is 4.53. The van der Waals surface area contributed by atoms with Gasteiger partial charge in [0.05, 0.1) is 11.6 Å². The molecule has 2 heterocycles. The van der Waals surface area contributed by atoms with Crippen LogP contribution in [0.15, 0.2) is 24.3 Å². The van der Waals surface area contributed by atoms with Crippen molar-refractivity contribution in [2.45, 2.75) is 19.8 Å². The Balaban J connectivity index is 1.61. The zero-order valence-corrected chi connectivity index (χ0v) is 16.1. The van der Waals surface area contributed by atoms with Crippen molar-refractivity contribution in [3.8, 4) is 10.6 Å². The summed E-state index contributed by atoms with van der Waals surface area (Å²) in [5.41, 5.74) is 6.48. The summed E-state index contributed by atoms with van der Waals surface area (Å²) < 4.78 is 18.2. The van der Waals surface area contributed by atoms with Gasteiger partial charge in [0.25, 0.3) is 5.91 Å². The smallest absolute Gasteiger partial charge is 0.350 e. The average molecular weight is 405 g/mol. The van der Waals surface area contributed by atoms with Gasteiger partial charge in [-0.25, -0.2) is 14.2 Å². The van der Waals surface area contributed by atoms with Crippen molar-refractivity contribution >= 4 is 29.1 Å². The number of primary amides is 1. The zero-order chi connectivity index (χ0) is 20.3. The fraction of sp³-hybridized carbons (Fsp3) is 0.368. The first-order chi connectivity index (χ1) is 13.3. The van der Waals surface area contributed by atoms with E-state index in [9.17, 15) is 18.8 Å². The molecule has 1 atom stereocenters. The second-order valence-corrected chi connectivity index (χ2v) is 7.60. The summed E-state index contributed by atoms with van der Waals surface area (Å²) in [4.78, 5) is 42.1. The van der Waals surface area contributed by atoms with Crippen molar-refractivity contribution < 1.29 is 23.5 Å². The third-order valence-electron chi connectivity index (χ3n) is 4.58. The highest BCUT2D eigenvalue weighted by Gasteiger charge is 2.28. The highest BCUT2D eigenvalue weighted by Crippen LogP contribution is 2.28. The lowest BCUT2D eigenvalue weighted by Gasteiger charge is -2.30. The molecule has 1 aromatic carbocycles. The van der Waals surface area contributed by atoms with E-state index in [2.05, 4.69) is 4.98 Å². The van der Waals surface area contributed by atoms with E-state index in [1.807, 2.05) is 0 Å². The predicted molar refractivity (Wildman–Crippen MR) is 101 cm³/mol. The molecular formula is C19H20FN3O4S. The van der Waals surface area contributed by atoms with Gasteiger partial charge in [-0.15, -0.1) is 11.3 Å². The van der Waals surface area contributed by atoms with Gasteiger partial charge in [-0.1, -0.05) is 0 Å². The molecule has 28 heavy (non-hydrogen) atoms. The second kappa shape index (κ2) is 8.47. The molecule has 7 nitrogen and oxygen atoms in total. The van der Waals surface area contributed by atoms with E-state index in [0.29, 0.717) is 40.5 Å². The monoisotopic (exact) mass is 405 g/mol. The number of hydrogen-bond acceptors (Lipinski definition) is 6. The number of benzene rings is 1. The van der Waals surface area contributed by atoms with E-state index in [-0.39, 0.29) is 24.2 Å². The highest BCUT2D eigenvalue weighted by atomic mass is 32.1. The number of likely N-dealkylation sites (tertiary alicyclic amines) is 1. The molecular weight excluding hydrogens is 385 g/mol. The minimum Gasteiger partial charge on any atom is -0.451 e. The highest BCUT2D eigenvalue weighted by molar-refractivity contribution is 7.17. The van der Waals surface area contributed by atoms with Crippen LogP contribution in [0.25, 0.3) is 10.6 Å². The zero-order valence-electron chi connectivity index (χ0n) is 15.3. The number of amides is 2. The number of carbonyl (C=O) groups is 3. The molecule has 2 N–H and O–H groups in total. The first kappa shape index (κ1) is 19.9. The van der Waals surface area contributed by atoms with Crippen LogP contribution in [0.2, 0.25) is 0 Å². The second-order valence-electron chi connectivity index (χ2n) is 6.60. The van der Waals surface area contributed by atoms with Crippen molar-refractivity contribution in [1.82, 2.24) is 9.88 Å². The van der Waals surface area contributed by atoms with E-state index in [1.165, 1.54) is 17.0 Å². The Morgan fingerprint density at radius 2 is 2.04 bits per heavy atom. The number of aromatic nitrogens is 1. The standard InChI is InChI=1S/C19H20FN3O4S/c1-11-16(28-18(22-11)12-4-6-14(20)7-5-12)19(26)27-10-15(24)23-8-2-3-13(9-23)17(21)25/h4-7,13H,2-3,8-10H2,1H3,(H2,21,25)/t13-/m1/s1. The summed E-state index contributed by atoms with van der Waals surface area (Å²) in [6.45, 7) is 2.02. The Morgan fingerprint density at radius 1 is 1.32 bits per heavy atom. The van der Waals surface area contributed by atoms with Crippen LogP contribution in [0.5, 0.6) is 0 Å². The summed E-state index contributed by atoms with van der Waals surface area (Å²) >= 11 is 1.12. The number of esters is 1. The number of nitrogens with two attached hydrogens (primary N) is 1. The average Bonchev–Trinajstić information content (AvgIpc) is 3.08. The lowest BCUT2D eigenvalue weighted by atomic mass is 9.97. The lowest BCUT2D eigenvalue weighted by molar-refractivity contribution is -0.137. The Bertz CT molecular complexity index is 897. The molecule has 0 radical (unpaired) electrons. The van der Waals surface area contributed by atoms with Crippen LogP contribution < -0.4 is 5.73 Å². The number of aryl methyl sites for hydroxylation is 1. The van der Waals surface area contributed by atoms with Crippen molar-refractivity contribution in [1.29, 1.82) is 0 Å². The van der Waals surface area contributed by atoms with Crippen LogP contribution >= 0.6 is 11.3 Å². The summed E-state index contributed by atoms with van der Waals surface area (Å²) in [7, 11) is 0. The summed E-state index contributed by atoms with van der Waals surface area (Å²) in [6, 6.07) is 5.80. The van der Waals surface area contributed by atoms with Crippen LogP contribution in [0, 0.1) is 18.7 Å². The van der Waals surface area contributed by atoms with Gasteiger partial charge in [-0.2, -0.15) is 0 Å². The molecule has 2 aromatic rings. The number of ether oxygens (including phenoxy) is 1. The molecule has 1 aromatic heterocycles.